The Bertz CT molecular complexity index is 849. The van der Waals surface area contributed by atoms with E-state index in [-0.39, 0.29) is 0 Å². The zero-order chi connectivity index (χ0) is 15.5. The highest BCUT2D eigenvalue weighted by Crippen LogP contribution is 2.31. The Morgan fingerprint density at radius 1 is 0.818 bits per heavy atom. The van der Waals surface area contributed by atoms with Crippen LogP contribution in [0.2, 0.25) is 0 Å². The van der Waals surface area contributed by atoms with Gasteiger partial charge in [-0.05, 0) is 36.4 Å². The molecule has 0 amide bonds. The van der Waals surface area contributed by atoms with Gasteiger partial charge in [0.1, 0.15) is 28.6 Å². The van der Waals surface area contributed by atoms with E-state index in [0.29, 0.717) is 28.2 Å². The van der Waals surface area contributed by atoms with Crippen molar-refractivity contribution in [3.05, 3.63) is 59.0 Å². The highest BCUT2D eigenvalue weighted by atomic mass is 16.5. The molecule has 0 N–H and O–H groups in total. The topological polar surface area (TPSA) is 57.9 Å². The van der Waals surface area contributed by atoms with Crippen LogP contribution in [0, 0.1) is 0 Å². The molecule has 3 aromatic rings. The third kappa shape index (κ3) is 2.74. The molecule has 0 radical (unpaired) electrons. The van der Waals surface area contributed by atoms with Crippen molar-refractivity contribution < 1.29 is 18.6 Å². The summed E-state index contributed by atoms with van der Waals surface area (Å²) in [5, 5.41) is 0.691. The number of methoxy groups -OCH3 is 2. The summed E-state index contributed by atoms with van der Waals surface area (Å²) in [5.74, 6) is 2.37. The van der Waals surface area contributed by atoms with Gasteiger partial charge < -0.3 is 18.6 Å². The minimum Gasteiger partial charge on any atom is -0.497 e. The number of benzene rings is 2. The maximum atomic E-state index is 11.7. The van der Waals surface area contributed by atoms with Crippen LogP contribution in [0.3, 0.4) is 0 Å². The molecule has 1 heterocycles. The SMILES string of the molecule is COc1ccc(Oc2cc(=O)oc3cc(OC)ccc23)cc1. The summed E-state index contributed by atoms with van der Waals surface area (Å²) >= 11 is 0. The molecule has 0 atom stereocenters. The minimum absolute atomic E-state index is 0.412. The monoisotopic (exact) mass is 298 g/mol. The first kappa shape index (κ1) is 14.0. The van der Waals surface area contributed by atoms with Crippen LogP contribution in [-0.4, -0.2) is 14.2 Å². The number of hydrogen-bond acceptors (Lipinski definition) is 5. The molecule has 0 unspecified atom stereocenters. The van der Waals surface area contributed by atoms with Crippen molar-refractivity contribution in [3.63, 3.8) is 0 Å². The number of fused-ring (bicyclic) bond motifs is 1. The molecule has 0 saturated carbocycles. The van der Waals surface area contributed by atoms with Gasteiger partial charge in [-0.3, -0.25) is 0 Å². The van der Waals surface area contributed by atoms with E-state index < -0.39 is 5.63 Å². The van der Waals surface area contributed by atoms with E-state index in [0.717, 1.165) is 5.75 Å². The van der Waals surface area contributed by atoms with Crippen LogP contribution in [0.25, 0.3) is 11.0 Å². The summed E-state index contributed by atoms with van der Waals surface area (Å²) in [6.07, 6.45) is 0. The zero-order valence-electron chi connectivity index (χ0n) is 12.2. The van der Waals surface area contributed by atoms with Crippen molar-refractivity contribution in [3.8, 4) is 23.0 Å². The third-order valence-corrected chi connectivity index (χ3v) is 3.20. The van der Waals surface area contributed by atoms with Gasteiger partial charge in [-0.2, -0.15) is 0 Å². The standard InChI is InChI=1S/C17H14O5/c1-19-11-3-5-12(6-4-11)21-16-10-17(18)22-15-9-13(20-2)7-8-14(15)16/h3-10H,1-2H3. The number of hydrogen-bond donors (Lipinski definition) is 0. The lowest BCUT2D eigenvalue weighted by Gasteiger charge is -2.09. The van der Waals surface area contributed by atoms with Crippen molar-refractivity contribution in [1.82, 2.24) is 0 Å². The highest BCUT2D eigenvalue weighted by Gasteiger charge is 2.09. The van der Waals surface area contributed by atoms with Crippen LogP contribution in [0.15, 0.2) is 57.7 Å². The highest BCUT2D eigenvalue weighted by molar-refractivity contribution is 5.84. The molecule has 112 valence electrons. The van der Waals surface area contributed by atoms with Gasteiger partial charge in [0.2, 0.25) is 0 Å². The van der Waals surface area contributed by atoms with Gasteiger partial charge in [-0.1, -0.05) is 0 Å². The van der Waals surface area contributed by atoms with Gasteiger partial charge in [0.25, 0.3) is 0 Å². The molecular weight excluding hydrogens is 284 g/mol. The summed E-state index contributed by atoms with van der Waals surface area (Å²) in [6.45, 7) is 0. The molecule has 0 aliphatic heterocycles. The average molecular weight is 298 g/mol. The maximum Gasteiger partial charge on any atom is 0.339 e. The second-order valence-corrected chi connectivity index (χ2v) is 4.57. The Morgan fingerprint density at radius 3 is 2.14 bits per heavy atom. The number of ether oxygens (including phenoxy) is 3. The number of rotatable bonds is 4. The lowest BCUT2D eigenvalue weighted by molar-refractivity contribution is 0.412. The van der Waals surface area contributed by atoms with E-state index in [1.165, 1.54) is 6.07 Å². The van der Waals surface area contributed by atoms with Crippen LogP contribution < -0.4 is 19.8 Å². The van der Waals surface area contributed by atoms with Crippen LogP contribution in [0.1, 0.15) is 0 Å². The van der Waals surface area contributed by atoms with Gasteiger partial charge in [0.15, 0.2) is 0 Å². The molecular formula is C17H14O5. The molecule has 2 aromatic carbocycles. The van der Waals surface area contributed by atoms with E-state index in [9.17, 15) is 4.79 Å². The Labute approximate surface area is 126 Å². The lowest BCUT2D eigenvalue weighted by atomic mass is 10.2. The fraction of sp³-hybridized carbons (Fsp3) is 0.118. The van der Waals surface area contributed by atoms with E-state index in [4.69, 9.17) is 18.6 Å². The molecule has 5 heteroatoms. The first-order chi connectivity index (χ1) is 10.7. The second kappa shape index (κ2) is 5.81. The average Bonchev–Trinajstić information content (AvgIpc) is 2.54. The van der Waals surface area contributed by atoms with Crippen molar-refractivity contribution in [2.75, 3.05) is 14.2 Å². The van der Waals surface area contributed by atoms with Crippen LogP contribution in [-0.2, 0) is 0 Å². The maximum absolute atomic E-state index is 11.7. The van der Waals surface area contributed by atoms with Crippen molar-refractivity contribution in [2.45, 2.75) is 0 Å². The minimum atomic E-state index is -0.482. The van der Waals surface area contributed by atoms with Gasteiger partial charge in [-0.15, -0.1) is 0 Å². The summed E-state index contributed by atoms with van der Waals surface area (Å²) in [5.41, 5.74) is -0.0698. The summed E-state index contributed by atoms with van der Waals surface area (Å²) in [6, 6.07) is 13.6. The molecule has 22 heavy (non-hydrogen) atoms. The second-order valence-electron chi connectivity index (χ2n) is 4.57. The fourth-order valence-electron chi connectivity index (χ4n) is 2.10. The van der Waals surface area contributed by atoms with E-state index in [1.807, 2.05) is 0 Å². The molecule has 0 saturated heterocycles. The Kier molecular flexibility index (Phi) is 3.70. The largest absolute Gasteiger partial charge is 0.497 e. The summed E-state index contributed by atoms with van der Waals surface area (Å²) in [7, 11) is 3.15. The normalized spacial score (nSPS) is 10.5. The first-order valence-corrected chi connectivity index (χ1v) is 6.63. The molecule has 0 aliphatic carbocycles. The fourth-order valence-corrected chi connectivity index (χ4v) is 2.10. The predicted molar refractivity (Wildman–Crippen MR) is 82.1 cm³/mol. The van der Waals surface area contributed by atoms with Gasteiger partial charge in [0, 0.05) is 6.07 Å². The smallest absolute Gasteiger partial charge is 0.339 e. The Hall–Kier alpha value is -2.95. The van der Waals surface area contributed by atoms with Crippen LogP contribution in [0.4, 0.5) is 0 Å². The van der Waals surface area contributed by atoms with E-state index in [2.05, 4.69) is 0 Å². The van der Waals surface area contributed by atoms with Crippen molar-refractivity contribution in [2.24, 2.45) is 0 Å². The first-order valence-electron chi connectivity index (χ1n) is 6.63. The van der Waals surface area contributed by atoms with Crippen molar-refractivity contribution in [1.29, 1.82) is 0 Å². The van der Waals surface area contributed by atoms with Gasteiger partial charge >= 0.3 is 5.63 Å². The lowest BCUT2D eigenvalue weighted by Crippen LogP contribution is -1.99. The van der Waals surface area contributed by atoms with Gasteiger partial charge in [-0.25, -0.2) is 4.79 Å². The van der Waals surface area contributed by atoms with Gasteiger partial charge in [0.05, 0.1) is 25.7 Å². The Balaban J connectivity index is 2.03. The molecule has 1 aromatic heterocycles. The summed E-state index contributed by atoms with van der Waals surface area (Å²) in [4.78, 5) is 11.7. The third-order valence-electron chi connectivity index (χ3n) is 3.20. The van der Waals surface area contributed by atoms with Crippen LogP contribution in [0.5, 0.6) is 23.0 Å². The molecule has 0 aliphatic rings. The molecule has 0 spiro atoms. The van der Waals surface area contributed by atoms with E-state index >= 15 is 0 Å². The Morgan fingerprint density at radius 2 is 1.45 bits per heavy atom. The molecule has 0 bridgehead atoms. The quantitative estimate of drug-likeness (QED) is 0.689. The van der Waals surface area contributed by atoms with Crippen molar-refractivity contribution >= 4 is 11.0 Å². The van der Waals surface area contributed by atoms with E-state index in [1.54, 1.807) is 56.7 Å². The summed E-state index contributed by atoms with van der Waals surface area (Å²) < 4.78 is 21.2. The molecule has 3 rings (SSSR count). The molecule has 0 fully saturated rings. The molecule has 5 nitrogen and oxygen atoms in total. The van der Waals surface area contributed by atoms with Crippen LogP contribution >= 0.6 is 0 Å². The predicted octanol–water partition coefficient (Wildman–Crippen LogP) is 3.60. The zero-order valence-corrected chi connectivity index (χ0v) is 12.2.